The van der Waals surface area contributed by atoms with E-state index in [4.69, 9.17) is 10.5 Å². The van der Waals surface area contributed by atoms with Crippen molar-refractivity contribution in [2.45, 2.75) is 39.0 Å². The van der Waals surface area contributed by atoms with Crippen LogP contribution in [0.25, 0.3) is 0 Å². The van der Waals surface area contributed by atoms with Gasteiger partial charge in [-0.1, -0.05) is 56.3 Å². The van der Waals surface area contributed by atoms with Crippen molar-refractivity contribution in [3.63, 3.8) is 0 Å². The molecule has 160 valence electrons. The third kappa shape index (κ3) is 7.66. The maximum atomic E-state index is 12.8. The quantitative estimate of drug-likeness (QED) is 0.439. The monoisotopic (exact) mass is 523 g/mol. The Morgan fingerprint density at radius 2 is 1.60 bits per heavy atom. The van der Waals surface area contributed by atoms with Crippen LogP contribution in [0.5, 0.6) is 0 Å². The number of alkyl carbamates (subject to hydrolysis) is 1. The maximum Gasteiger partial charge on any atom is 0.408 e. The number of ether oxygens (including phenoxy) is 1. The van der Waals surface area contributed by atoms with Gasteiger partial charge in [-0.2, -0.15) is 0 Å². The van der Waals surface area contributed by atoms with Gasteiger partial charge < -0.3 is 21.1 Å². The first kappa shape index (κ1) is 23.7. The van der Waals surface area contributed by atoms with Crippen molar-refractivity contribution in [3.05, 3.63) is 69.3 Å². The van der Waals surface area contributed by atoms with Crippen LogP contribution in [0, 0.1) is 9.49 Å². The van der Waals surface area contributed by atoms with Crippen LogP contribution in [0.2, 0.25) is 0 Å². The molecule has 7 nitrogen and oxygen atoms in total. The van der Waals surface area contributed by atoms with Crippen molar-refractivity contribution >= 4 is 40.5 Å². The predicted octanol–water partition coefficient (Wildman–Crippen LogP) is 2.75. The Bertz CT molecular complexity index is 856. The Balaban J connectivity index is 1.97. The number of rotatable bonds is 9. The lowest BCUT2D eigenvalue weighted by molar-refractivity contribution is -0.129. The highest BCUT2D eigenvalue weighted by Crippen LogP contribution is 2.10. The summed E-state index contributed by atoms with van der Waals surface area (Å²) in [6, 6.07) is 15.1. The molecule has 8 heteroatoms. The van der Waals surface area contributed by atoms with Gasteiger partial charge in [0.25, 0.3) is 0 Å². The number of halogens is 1. The fraction of sp³-hybridized carbons (Fsp3) is 0.318. The van der Waals surface area contributed by atoms with E-state index in [1.54, 1.807) is 13.8 Å². The second-order valence-corrected chi connectivity index (χ2v) is 8.47. The molecule has 0 fully saturated rings. The van der Waals surface area contributed by atoms with Gasteiger partial charge >= 0.3 is 6.09 Å². The summed E-state index contributed by atoms with van der Waals surface area (Å²) in [5, 5.41) is 5.23. The summed E-state index contributed by atoms with van der Waals surface area (Å²) < 4.78 is 6.26. The minimum atomic E-state index is -0.888. The molecular formula is C22H26IN3O4. The summed E-state index contributed by atoms with van der Waals surface area (Å²) in [4.78, 5) is 36.8. The molecule has 30 heavy (non-hydrogen) atoms. The number of hydrogen-bond donors (Lipinski definition) is 3. The Kier molecular flexibility index (Phi) is 9.10. The molecule has 0 heterocycles. The van der Waals surface area contributed by atoms with E-state index in [-0.39, 0.29) is 18.9 Å². The molecule has 0 aliphatic carbocycles. The molecule has 2 rings (SSSR count). The van der Waals surface area contributed by atoms with Gasteiger partial charge in [0.15, 0.2) is 0 Å². The molecule has 2 aromatic rings. The van der Waals surface area contributed by atoms with E-state index in [1.165, 1.54) is 0 Å². The first-order valence-electron chi connectivity index (χ1n) is 9.57. The van der Waals surface area contributed by atoms with Crippen LogP contribution >= 0.6 is 22.6 Å². The van der Waals surface area contributed by atoms with E-state index >= 15 is 0 Å². The van der Waals surface area contributed by atoms with Crippen LogP contribution in [-0.4, -0.2) is 30.0 Å². The molecule has 0 aromatic heterocycles. The number of carbonyl (C=O) groups is 3. The smallest absolute Gasteiger partial charge is 0.408 e. The minimum Gasteiger partial charge on any atom is -0.445 e. The normalized spacial score (nSPS) is 12.7. The molecule has 2 atom stereocenters. The zero-order chi connectivity index (χ0) is 22.1. The molecule has 3 amide bonds. The molecule has 0 aliphatic rings. The Hall–Kier alpha value is -2.62. The van der Waals surface area contributed by atoms with Gasteiger partial charge in [0.2, 0.25) is 11.8 Å². The molecule has 0 radical (unpaired) electrons. The fourth-order valence-corrected chi connectivity index (χ4v) is 3.13. The largest absolute Gasteiger partial charge is 0.445 e. The first-order chi connectivity index (χ1) is 14.3. The number of nitrogens with one attached hydrogen (secondary N) is 2. The number of hydrogen-bond acceptors (Lipinski definition) is 4. The second-order valence-electron chi connectivity index (χ2n) is 7.22. The summed E-state index contributed by atoms with van der Waals surface area (Å²) in [6.07, 6.45) is -0.442. The van der Waals surface area contributed by atoms with Crippen molar-refractivity contribution in [1.29, 1.82) is 0 Å². The topological polar surface area (TPSA) is 111 Å². The van der Waals surface area contributed by atoms with Crippen molar-refractivity contribution in [1.82, 2.24) is 10.6 Å². The molecule has 0 saturated heterocycles. The molecular weight excluding hydrogens is 497 g/mol. The zero-order valence-electron chi connectivity index (χ0n) is 16.9. The third-order valence-corrected chi connectivity index (χ3v) is 5.17. The lowest BCUT2D eigenvalue weighted by Gasteiger charge is -2.24. The van der Waals surface area contributed by atoms with Crippen molar-refractivity contribution in [2.75, 3.05) is 0 Å². The SMILES string of the molecule is CC(C)[C@@H](NC(=O)OCc1ccccc1)C(=O)N[C@H](Cc1ccc(I)cc1)C(N)=O. The minimum absolute atomic E-state index is 0.0931. The highest BCUT2D eigenvalue weighted by molar-refractivity contribution is 14.1. The van der Waals surface area contributed by atoms with Gasteiger partial charge in [-0.15, -0.1) is 0 Å². The summed E-state index contributed by atoms with van der Waals surface area (Å²) in [6.45, 7) is 3.68. The van der Waals surface area contributed by atoms with Crippen LogP contribution in [0.1, 0.15) is 25.0 Å². The molecule has 4 N–H and O–H groups in total. The number of benzene rings is 2. The van der Waals surface area contributed by atoms with Gasteiger partial charge in [0, 0.05) is 9.99 Å². The van der Waals surface area contributed by atoms with Crippen LogP contribution in [0.3, 0.4) is 0 Å². The number of primary amides is 1. The highest BCUT2D eigenvalue weighted by Gasteiger charge is 2.28. The van der Waals surface area contributed by atoms with Crippen LogP contribution in [0.15, 0.2) is 54.6 Å². The van der Waals surface area contributed by atoms with E-state index in [9.17, 15) is 14.4 Å². The Morgan fingerprint density at radius 1 is 0.967 bits per heavy atom. The van der Waals surface area contributed by atoms with E-state index in [1.807, 2.05) is 54.6 Å². The lowest BCUT2D eigenvalue weighted by Crippen LogP contribution is -2.55. The van der Waals surface area contributed by atoms with Gasteiger partial charge in [0.05, 0.1) is 0 Å². The van der Waals surface area contributed by atoms with E-state index < -0.39 is 30.0 Å². The summed E-state index contributed by atoms with van der Waals surface area (Å²) >= 11 is 2.19. The second kappa shape index (κ2) is 11.5. The van der Waals surface area contributed by atoms with Crippen molar-refractivity contribution < 1.29 is 19.1 Å². The van der Waals surface area contributed by atoms with Crippen LogP contribution < -0.4 is 16.4 Å². The maximum absolute atomic E-state index is 12.8. The summed E-state index contributed by atoms with van der Waals surface area (Å²) in [7, 11) is 0. The van der Waals surface area contributed by atoms with Gasteiger partial charge in [-0.3, -0.25) is 9.59 Å². The van der Waals surface area contributed by atoms with Gasteiger partial charge in [-0.05, 0) is 51.8 Å². The summed E-state index contributed by atoms with van der Waals surface area (Å²) in [5.41, 5.74) is 7.19. The highest BCUT2D eigenvalue weighted by atomic mass is 127. The molecule has 0 spiro atoms. The standard InChI is InChI=1S/C22H26IN3O4/c1-14(2)19(26-22(29)30-13-16-6-4-3-5-7-16)21(28)25-18(20(24)27)12-15-8-10-17(23)11-9-15/h3-11,14,18-19H,12-13H2,1-2H3,(H2,24,27)(H,25,28)(H,26,29)/t18-,19-/m1/s1. The molecule has 0 saturated carbocycles. The van der Waals surface area contributed by atoms with Gasteiger partial charge in [0.1, 0.15) is 18.7 Å². The summed E-state index contributed by atoms with van der Waals surface area (Å²) in [5.74, 6) is -1.35. The lowest BCUT2D eigenvalue weighted by atomic mass is 10.0. The number of nitrogens with two attached hydrogens (primary N) is 1. The van der Waals surface area contributed by atoms with Gasteiger partial charge in [-0.25, -0.2) is 4.79 Å². The van der Waals surface area contributed by atoms with Crippen molar-refractivity contribution in [3.8, 4) is 0 Å². The van der Waals surface area contributed by atoms with Crippen LogP contribution in [-0.2, 0) is 27.4 Å². The average Bonchev–Trinajstić information content (AvgIpc) is 2.71. The van der Waals surface area contributed by atoms with E-state index in [2.05, 4.69) is 33.2 Å². The number of amides is 3. The molecule has 0 aliphatic heterocycles. The molecule has 0 unspecified atom stereocenters. The van der Waals surface area contributed by atoms with Crippen LogP contribution in [0.4, 0.5) is 4.79 Å². The zero-order valence-corrected chi connectivity index (χ0v) is 19.1. The first-order valence-corrected chi connectivity index (χ1v) is 10.7. The average molecular weight is 523 g/mol. The van der Waals surface area contributed by atoms with E-state index in [0.717, 1.165) is 14.7 Å². The molecule has 0 bridgehead atoms. The Morgan fingerprint density at radius 3 is 2.17 bits per heavy atom. The Labute approximate surface area is 189 Å². The van der Waals surface area contributed by atoms with E-state index in [0.29, 0.717) is 0 Å². The fourth-order valence-electron chi connectivity index (χ4n) is 2.77. The number of carbonyl (C=O) groups excluding carboxylic acids is 3. The predicted molar refractivity (Wildman–Crippen MR) is 122 cm³/mol. The third-order valence-electron chi connectivity index (χ3n) is 4.45. The molecule has 2 aromatic carbocycles. The van der Waals surface area contributed by atoms with Crippen molar-refractivity contribution in [2.24, 2.45) is 11.7 Å².